The van der Waals surface area contributed by atoms with Gasteiger partial charge >= 0.3 is 16.2 Å². The van der Waals surface area contributed by atoms with Crippen molar-refractivity contribution in [3.05, 3.63) is 23.8 Å². The fraction of sp³-hybridized carbons (Fsp3) is 0.364. The van der Waals surface area contributed by atoms with Crippen LogP contribution in [0.2, 0.25) is 0 Å². The number of carboxylic acids is 1. The summed E-state index contributed by atoms with van der Waals surface area (Å²) in [6.45, 7) is 3.89. The Balaban J connectivity index is 3.13. The lowest BCUT2D eigenvalue weighted by atomic mass is 10.2. The van der Waals surface area contributed by atoms with Crippen molar-refractivity contribution in [2.45, 2.75) is 13.8 Å². The molecular formula is C11H16N2O5S. The fourth-order valence-electron chi connectivity index (χ4n) is 1.57. The predicted octanol–water partition coefficient (Wildman–Crippen LogP) is 1.09. The van der Waals surface area contributed by atoms with E-state index in [2.05, 4.69) is 4.72 Å². The van der Waals surface area contributed by atoms with Crippen LogP contribution in [0.5, 0.6) is 5.75 Å². The normalized spacial score (nSPS) is 11.5. The Morgan fingerprint density at radius 2 is 1.89 bits per heavy atom. The lowest BCUT2D eigenvalue weighted by Gasteiger charge is -2.20. The van der Waals surface area contributed by atoms with Gasteiger partial charge in [0.05, 0.1) is 5.69 Å². The average Bonchev–Trinajstić information content (AvgIpc) is 2.32. The first kappa shape index (κ1) is 15.3. The molecule has 0 radical (unpaired) electrons. The van der Waals surface area contributed by atoms with Crippen molar-refractivity contribution in [2.75, 3.05) is 17.8 Å². The summed E-state index contributed by atoms with van der Waals surface area (Å²) in [5, 5.41) is 18.6. The van der Waals surface area contributed by atoms with Gasteiger partial charge in [0.25, 0.3) is 0 Å². The predicted molar refractivity (Wildman–Crippen MR) is 70.5 cm³/mol. The summed E-state index contributed by atoms with van der Waals surface area (Å²) in [5.41, 5.74) is -0.522. The third-order valence-corrected chi connectivity index (χ3v) is 4.22. The highest BCUT2D eigenvalue weighted by molar-refractivity contribution is 7.90. The van der Waals surface area contributed by atoms with Gasteiger partial charge in [0.15, 0.2) is 5.75 Å². The fourth-order valence-corrected chi connectivity index (χ4v) is 2.82. The molecule has 3 N–H and O–H groups in total. The van der Waals surface area contributed by atoms with Crippen LogP contribution in [0.3, 0.4) is 0 Å². The minimum absolute atomic E-state index is 0.160. The third kappa shape index (κ3) is 3.36. The van der Waals surface area contributed by atoms with Crippen LogP contribution in [0.25, 0.3) is 0 Å². The maximum Gasteiger partial charge on any atom is 0.339 e. The Labute approximate surface area is 111 Å². The van der Waals surface area contributed by atoms with Gasteiger partial charge in [-0.3, -0.25) is 4.72 Å². The summed E-state index contributed by atoms with van der Waals surface area (Å²) in [6.07, 6.45) is 0. The van der Waals surface area contributed by atoms with Crippen molar-refractivity contribution in [3.63, 3.8) is 0 Å². The molecule has 8 heteroatoms. The van der Waals surface area contributed by atoms with Crippen molar-refractivity contribution < 1.29 is 23.4 Å². The molecule has 0 aliphatic carbocycles. The van der Waals surface area contributed by atoms with Gasteiger partial charge in [0.1, 0.15) is 5.56 Å². The van der Waals surface area contributed by atoms with E-state index in [1.807, 2.05) is 0 Å². The molecule has 106 valence electrons. The van der Waals surface area contributed by atoms with E-state index in [1.165, 1.54) is 18.2 Å². The van der Waals surface area contributed by atoms with Crippen LogP contribution in [-0.2, 0) is 10.2 Å². The Kier molecular flexibility index (Phi) is 4.73. The van der Waals surface area contributed by atoms with Gasteiger partial charge in [-0.1, -0.05) is 19.9 Å². The Morgan fingerprint density at radius 1 is 1.32 bits per heavy atom. The van der Waals surface area contributed by atoms with Crippen LogP contribution in [0, 0.1) is 0 Å². The van der Waals surface area contributed by atoms with E-state index >= 15 is 0 Å². The number of nitrogens with one attached hydrogen (secondary N) is 1. The summed E-state index contributed by atoms with van der Waals surface area (Å²) < 4.78 is 27.2. The molecule has 0 atom stereocenters. The van der Waals surface area contributed by atoms with Gasteiger partial charge in [-0.25, -0.2) is 4.79 Å². The highest BCUT2D eigenvalue weighted by Gasteiger charge is 2.21. The van der Waals surface area contributed by atoms with E-state index in [0.29, 0.717) is 0 Å². The van der Waals surface area contributed by atoms with E-state index in [4.69, 9.17) is 5.11 Å². The molecule has 0 aliphatic rings. The zero-order valence-corrected chi connectivity index (χ0v) is 11.4. The van der Waals surface area contributed by atoms with Crippen molar-refractivity contribution in [2.24, 2.45) is 0 Å². The summed E-state index contributed by atoms with van der Waals surface area (Å²) in [7, 11) is -3.81. The molecule has 0 fully saturated rings. The number of phenols is 1. The van der Waals surface area contributed by atoms with Gasteiger partial charge in [-0.05, 0) is 12.1 Å². The molecule has 0 saturated carbocycles. The van der Waals surface area contributed by atoms with E-state index in [9.17, 15) is 18.3 Å². The maximum absolute atomic E-state index is 12.0. The molecule has 0 aromatic heterocycles. The number of rotatable bonds is 6. The first-order valence-electron chi connectivity index (χ1n) is 5.66. The summed E-state index contributed by atoms with van der Waals surface area (Å²) in [6, 6.07) is 3.83. The number of aromatic carboxylic acids is 1. The highest BCUT2D eigenvalue weighted by atomic mass is 32.2. The van der Waals surface area contributed by atoms with Crippen LogP contribution < -0.4 is 4.72 Å². The van der Waals surface area contributed by atoms with Gasteiger partial charge in [0, 0.05) is 13.1 Å². The summed E-state index contributed by atoms with van der Waals surface area (Å²) in [4.78, 5) is 10.8. The number of hydrogen-bond donors (Lipinski definition) is 3. The number of para-hydroxylation sites is 1. The topological polar surface area (TPSA) is 107 Å². The Bertz CT molecular complexity index is 566. The number of anilines is 1. The largest absolute Gasteiger partial charge is 0.505 e. The van der Waals surface area contributed by atoms with Gasteiger partial charge < -0.3 is 10.2 Å². The average molecular weight is 288 g/mol. The van der Waals surface area contributed by atoms with Crippen molar-refractivity contribution >= 4 is 21.9 Å². The number of carbonyl (C=O) groups is 1. The molecule has 0 unspecified atom stereocenters. The number of benzene rings is 1. The zero-order valence-electron chi connectivity index (χ0n) is 10.6. The zero-order chi connectivity index (χ0) is 14.6. The lowest BCUT2D eigenvalue weighted by Crippen LogP contribution is -2.35. The standard InChI is InChI=1S/C11H16N2O5S/c1-3-13(4-2)19(17,18)12-9-7-5-6-8(10(9)14)11(15)16/h5-7,12,14H,3-4H2,1-2H3,(H,15,16). The number of nitrogens with zero attached hydrogens (tertiary/aromatic N) is 1. The lowest BCUT2D eigenvalue weighted by molar-refractivity contribution is 0.0694. The minimum Gasteiger partial charge on any atom is -0.505 e. The second-order valence-corrected chi connectivity index (χ2v) is 5.37. The third-order valence-electron chi connectivity index (χ3n) is 2.55. The number of carboxylic acid groups (broad SMARTS) is 1. The molecule has 1 aromatic carbocycles. The van der Waals surface area contributed by atoms with Gasteiger partial charge in [0.2, 0.25) is 0 Å². The van der Waals surface area contributed by atoms with Crippen molar-refractivity contribution in [1.82, 2.24) is 4.31 Å². The van der Waals surface area contributed by atoms with Crippen molar-refractivity contribution in [1.29, 1.82) is 0 Å². The molecule has 19 heavy (non-hydrogen) atoms. The number of aromatic hydroxyl groups is 1. The van der Waals surface area contributed by atoms with Crippen LogP contribution in [-0.4, -0.2) is 42.0 Å². The molecule has 0 spiro atoms. The second-order valence-electron chi connectivity index (χ2n) is 3.70. The quantitative estimate of drug-likeness (QED) is 0.679. The molecule has 0 aliphatic heterocycles. The minimum atomic E-state index is -3.81. The Morgan fingerprint density at radius 3 is 2.37 bits per heavy atom. The van der Waals surface area contributed by atoms with Gasteiger partial charge in [-0.2, -0.15) is 12.7 Å². The van der Waals surface area contributed by atoms with E-state index in [0.717, 1.165) is 4.31 Å². The molecule has 0 bridgehead atoms. The molecule has 1 aromatic rings. The van der Waals surface area contributed by atoms with Crippen molar-refractivity contribution in [3.8, 4) is 5.75 Å². The van der Waals surface area contributed by atoms with E-state index in [1.54, 1.807) is 13.8 Å². The Hall–Kier alpha value is -1.80. The van der Waals surface area contributed by atoms with E-state index < -0.39 is 21.9 Å². The molecule has 1 rings (SSSR count). The van der Waals surface area contributed by atoms with Crippen LogP contribution >= 0.6 is 0 Å². The van der Waals surface area contributed by atoms with Crippen LogP contribution in [0.15, 0.2) is 18.2 Å². The molecular weight excluding hydrogens is 272 g/mol. The first-order valence-corrected chi connectivity index (χ1v) is 7.10. The monoisotopic (exact) mass is 288 g/mol. The van der Waals surface area contributed by atoms with Gasteiger partial charge in [-0.15, -0.1) is 0 Å². The first-order chi connectivity index (χ1) is 8.83. The van der Waals surface area contributed by atoms with Crippen LogP contribution in [0.1, 0.15) is 24.2 Å². The molecule has 0 amide bonds. The van der Waals surface area contributed by atoms with Crippen LogP contribution in [0.4, 0.5) is 5.69 Å². The summed E-state index contributed by atoms with van der Waals surface area (Å²) >= 11 is 0. The number of hydrogen-bond acceptors (Lipinski definition) is 4. The van der Waals surface area contributed by atoms with E-state index in [-0.39, 0.29) is 24.3 Å². The smallest absolute Gasteiger partial charge is 0.339 e. The highest BCUT2D eigenvalue weighted by Crippen LogP contribution is 2.28. The summed E-state index contributed by atoms with van der Waals surface area (Å²) in [5.74, 6) is -1.94. The molecule has 7 nitrogen and oxygen atoms in total. The molecule has 0 heterocycles. The molecule has 0 saturated heterocycles. The maximum atomic E-state index is 12.0. The second kappa shape index (κ2) is 5.89. The SMILES string of the molecule is CCN(CC)S(=O)(=O)Nc1cccc(C(=O)O)c1O.